The van der Waals surface area contributed by atoms with Crippen LogP contribution in [-0.2, 0) is 6.61 Å². The molecule has 146 valence electrons. The fourth-order valence-electron chi connectivity index (χ4n) is 3.44. The van der Waals surface area contributed by atoms with Crippen LogP contribution in [0.25, 0.3) is 11.4 Å². The highest BCUT2D eigenvalue weighted by atomic mass is 19.1. The van der Waals surface area contributed by atoms with Crippen LogP contribution in [0, 0.1) is 11.6 Å². The minimum absolute atomic E-state index is 0.131. The molecule has 0 saturated heterocycles. The highest BCUT2D eigenvalue weighted by Gasteiger charge is 2.23. The molecule has 1 aliphatic rings. The Hall–Kier alpha value is -2.96. The SMILES string of the molecule is COc1cc(-c2noc(C3CCCC3)n2)ccc1OCc1c(F)cccc1F. The number of aromatic nitrogens is 2. The summed E-state index contributed by atoms with van der Waals surface area (Å²) in [5.74, 6) is 0.966. The lowest BCUT2D eigenvalue weighted by atomic mass is 10.1. The molecule has 1 aromatic heterocycles. The van der Waals surface area contributed by atoms with Crippen LogP contribution in [0.3, 0.4) is 0 Å². The molecule has 0 N–H and O–H groups in total. The summed E-state index contributed by atoms with van der Waals surface area (Å²) in [6.07, 6.45) is 4.52. The van der Waals surface area contributed by atoms with E-state index in [4.69, 9.17) is 14.0 Å². The molecule has 5 nitrogen and oxygen atoms in total. The smallest absolute Gasteiger partial charge is 0.230 e. The predicted octanol–water partition coefficient (Wildman–Crippen LogP) is 5.26. The van der Waals surface area contributed by atoms with Crippen molar-refractivity contribution in [1.29, 1.82) is 0 Å². The first-order valence-electron chi connectivity index (χ1n) is 9.23. The molecule has 0 spiro atoms. The Bertz CT molecular complexity index is 948. The summed E-state index contributed by atoms with van der Waals surface area (Å²) >= 11 is 0. The van der Waals surface area contributed by atoms with E-state index in [0.717, 1.165) is 12.8 Å². The average Bonchev–Trinajstić information content (AvgIpc) is 3.39. The van der Waals surface area contributed by atoms with Gasteiger partial charge in [-0.1, -0.05) is 24.1 Å². The molecule has 1 heterocycles. The van der Waals surface area contributed by atoms with Gasteiger partial charge in [-0.05, 0) is 43.2 Å². The van der Waals surface area contributed by atoms with Crippen LogP contribution in [0.2, 0.25) is 0 Å². The lowest BCUT2D eigenvalue weighted by Crippen LogP contribution is -2.03. The summed E-state index contributed by atoms with van der Waals surface area (Å²) in [7, 11) is 1.50. The molecule has 1 saturated carbocycles. The molecule has 7 heteroatoms. The zero-order valence-corrected chi connectivity index (χ0v) is 15.5. The van der Waals surface area contributed by atoms with Crippen molar-refractivity contribution in [1.82, 2.24) is 10.1 Å². The molecule has 3 aromatic rings. The zero-order valence-electron chi connectivity index (χ0n) is 15.5. The van der Waals surface area contributed by atoms with Crippen LogP contribution in [-0.4, -0.2) is 17.3 Å². The number of benzene rings is 2. The van der Waals surface area contributed by atoms with Crippen molar-refractivity contribution >= 4 is 0 Å². The van der Waals surface area contributed by atoms with E-state index in [0.29, 0.717) is 34.7 Å². The first-order chi connectivity index (χ1) is 13.7. The summed E-state index contributed by atoms with van der Waals surface area (Å²) < 4.78 is 43.9. The Labute approximate surface area is 161 Å². The fraction of sp³-hybridized carbons (Fsp3) is 0.333. The highest BCUT2D eigenvalue weighted by molar-refractivity contribution is 5.60. The van der Waals surface area contributed by atoms with Gasteiger partial charge in [-0.15, -0.1) is 0 Å². The summed E-state index contributed by atoms with van der Waals surface area (Å²) in [6.45, 7) is -0.248. The van der Waals surface area contributed by atoms with E-state index in [1.54, 1.807) is 18.2 Å². The molecule has 0 radical (unpaired) electrons. The minimum Gasteiger partial charge on any atom is -0.493 e. The van der Waals surface area contributed by atoms with E-state index in [-0.39, 0.29) is 12.2 Å². The quantitative estimate of drug-likeness (QED) is 0.578. The van der Waals surface area contributed by atoms with E-state index >= 15 is 0 Å². The molecule has 0 bridgehead atoms. The molecule has 0 aliphatic heterocycles. The van der Waals surface area contributed by atoms with E-state index < -0.39 is 11.6 Å². The maximum Gasteiger partial charge on any atom is 0.230 e. The van der Waals surface area contributed by atoms with Crippen molar-refractivity contribution in [2.24, 2.45) is 0 Å². The third-order valence-corrected chi connectivity index (χ3v) is 5.00. The first-order valence-corrected chi connectivity index (χ1v) is 9.23. The molecule has 2 aromatic carbocycles. The van der Waals surface area contributed by atoms with Crippen LogP contribution in [0.15, 0.2) is 40.9 Å². The van der Waals surface area contributed by atoms with Gasteiger partial charge in [-0.2, -0.15) is 4.98 Å². The van der Waals surface area contributed by atoms with E-state index in [1.165, 1.54) is 38.2 Å². The van der Waals surface area contributed by atoms with Crippen molar-refractivity contribution in [3.63, 3.8) is 0 Å². The van der Waals surface area contributed by atoms with E-state index in [9.17, 15) is 8.78 Å². The van der Waals surface area contributed by atoms with Crippen molar-refractivity contribution in [2.75, 3.05) is 7.11 Å². The molecule has 0 atom stereocenters. The third kappa shape index (κ3) is 3.69. The van der Waals surface area contributed by atoms with Gasteiger partial charge in [0.1, 0.15) is 18.2 Å². The molecular formula is C21H20F2N2O3. The maximum atomic E-state index is 13.8. The van der Waals surface area contributed by atoms with Gasteiger partial charge in [0.05, 0.1) is 12.7 Å². The molecule has 0 unspecified atom stereocenters. The first kappa shape index (κ1) is 18.4. The van der Waals surface area contributed by atoms with Crippen molar-refractivity contribution in [3.05, 3.63) is 59.5 Å². The molecule has 0 amide bonds. The van der Waals surface area contributed by atoms with Gasteiger partial charge in [-0.25, -0.2) is 8.78 Å². The Morgan fingerprint density at radius 3 is 2.54 bits per heavy atom. The van der Waals surface area contributed by atoms with E-state index in [2.05, 4.69) is 10.1 Å². The van der Waals surface area contributed by atoms with Gasteiger partial charge in [0.15, 0.2) is 11.5 Å². The Morgan fingerprint density at radius 2 is 1.82 bits per heavy atom. The second kappa shape index (κ2) is 7.96. The summed E-state index contributed by atoms with van der Waals surface area (Å²) in [4.78, 5) is 4.51. The monoisotopic (exact) mass is 386 g/mol. The normalized spacial score (nSPS) is 14.4. The predicted molar refractivity (Wildman–Crippen MR) is 98.2 cm³/mol. The summed E-state index contributed by atoms with van der Waals surface area (Å²) in [5, 5.41) is 4.07. The Kier molecular flexibility index (Phi) is 5.23. The van der Waals surface area contributed by atoms with Gasteiger partial charge in [0.2, 0.25) is 11.7 Å². The number of hydrogen-bond donors (Lipinski definition) is 0. The Balaban J connectivity index is 1.53. The largest absolute Gasteiger partial charge is 0.493 e. The highest BCUT2D eigenvalue weighted by Crippen LogP contribution is 2.36. The molecule has 1 aliphatic carbocycles. The number of nitrogens with zero attached hydrogens (tertiary/aromatic N) is 2. The minimum atomic E-state index is -0.651. The number of methoxy groups -OCH3 is 1. The van der Waals surface area contributed by atoms with Crippen LogP contribution < -0.4 is 9.47 Å². The number of hydrogen-bond acceptors (Lipinski definition) is 5. The topological polar surface area (TPSA) is 57.4 Å². The molecular weight excluding hydrogens is 366 g/mol. The van der Waals surface area contributed by atoms with Gasteiger partial charge < -0.3 is 14.0 Å². The lowest BCUT2D eigenvalue weighted by Gasteiger charge is -2.12. The number of ether oxygens (including phenoxy) is 2. The standard InChI is InChI=1S/C21H20F2N2O3/c1-26-19-11-14(20-24-21(28-25-20)13-5-2-3-6-13)9-10-18(19)27-12-15-16(22)7-4-8-17(15)23/h4,7-11,13H,2-3,5-6,12H2,1H3. The third-order valence-electron chi connectivity index (χ3n) is 5.00. The van der Waals surface area contributed by atoms with Gasteiger partial charge in [0, 0.05) is 11.5 Å². The molecule has 1 fully saturated rings. The fourth-order valence-corrected chi connectivity index (χ4v) is 3.44. The maximum absolute atomic E-state index is 13.8. The van der Waals surface area contributed by atoms with Crippen LogP contribution >= 0.6 is 0 Å². The summed E-state index contributed by atoms with van der Waals surface area (Å²) in [5.41, 5.74) is 0.585. The lowest BCUT2D eigenvalue weighted by molar-refractivity contribution is 0.274. The van der Waals surface area contributed by atoms with Crippen molar-refractivity contribution in [3.8, 4) is 22.9 Å². The van der Waals surface area contributed by atoms with Crippen LogP contribution in [0.1, 0.15) is 43.1 Å². The van der Waals surface area contributed by atoms with E-state index in [1.807, 2.05) is 0 Å². The van der Waals surface area contributed by atoms with Crippen molar-refractivity contribution in [2.45, 2.75) is 38.2 Å². The van der Waals surface area contributed by atoms with Crippen molar-refractivity contribution < 1.29 is 22.8 Å². The Morgan fingerprint density at radius 1 is 1.07 bits per heavy atom. The summed E-state index contributed by atoms with van der Waals surface area (Å²) in [6, 6.07) is 8.85. The van der Waals surface area contributed by atoms with Crippen LogP contribution in [0.5, 0.6) is 11.5 Å². The molecule has 4 rings (SSSR count). The second-order valence-corrected chi connectivity index (χ2v) is 6.79. The second-order valence-electron chi connectivity index (χ2n) is 6.79. The van der Waals surface area contributed by atoms with Crippen LogP contribution in [0.4, 0.5) is 8.78 Å². The number of rotatable bonds is 6. The number of halogens is 2. The average molecular weight is 386 g/mol. The zero-order chi connectivity index (χ0) is 19.5. The van der Waals surface area contributed by atoms with Gasteiger partial charge in [-0.3, -0.25) is 0 Å². The van der Waals surface area contributed by atoms with Gasteiger partial charge >= 0.3 is 0 Å². The molecule has 28 heavy (non-hydrogen) atoms. The van der Waals surface area contributed by atoms with Gasteiger partial charge in [0.25, 0.3) is 0 Å².